The lowest BCUT2D eigenvalue weighted by atomic mass is 10.1. The Labute approximate surface area is 123 Å². The van der Waals surface area contributed by atoms with Crippen LogP contribution in [0.2, 0.25) is 0 Å². The predicted octanol–water partition coefficient (Wildman–Crippen LogP) is 2.15. The van der Waals surface area contributed by atoms with Gasteiger partial charge in [-0.2, -0.15) is 0 Å². The lowest BCUT2D eigenvalue weighted by Gasteiger charge is -2.03. The molecule has 0 bridgehead atoms. The van der Waals surface area contributed by atoms with Crippen LogP contribution in [0.1, 0.15) is 23.6 Å². The molecule has 0 unspecified atom stereocenters. The average Bonchev–Trinajstić information content (AvgIpc) is 2.95. The highest BCUT2D eigenvalue weighted by atomic mass is 16.6. The van der Waals surface area contributed by atoms with E-state index in [0.29, 0.717) is 13.3 Å². The first-order valence-corrected chi connectivity index (χ1v) is 6.94. The van der Waals surface area contributed by atoms with Crippen LogP contribution in [0, 0.1) is 6.92 Å². The van der Waals surface area contributed by atoms with Crippen molar-refractivity contribution in [1.29, 1.82) is 0 Å². The normalized spacial score (nSPS) is 13.3. The standard InChI is InChI=1S/C17H17N3O/c1-12-3-6-15(7-4-12)13(2)20-21-10-14-5-8-16-17(9-14)19-11-18-16/h3-9H,10-11H2,1-2H3/b20-13+. The quantitative estimate of drug-likeness (QED) is 0.625. The van der Waals surface area contributed by atoms with E-state index in [-0.39, 0.29) is 0 Å². The maximum atomic E-state index is 5.44. The molecule has 106 valence electrons. The highest BCUT2D eigenvalue weighted by Gasteiger charge is 2.00. The van der Waals surface area contributed by atoms with Gasteiger partial charge in [0.25, 0.3) is 0 Å². The lowest BCUT2D eigenvalue weighted by molar-refractivity contribution is 0.130. The Morgan fingerprint density at radius 2 is 1.86 bits per heavy atom. The van der Waals surface area contributed by atoms with Crippen LogP contribution < -0.4 is 10.7 Å². The molecule has 3 rings (SSSR count). The molecule has 0 fully saturated rings. The third-order valence-corrected chi connectivity index (χ3v) is 3.42. The number of hydrogen-bond acceptors (Lipinski definition) is 4. The Hall–Kier alpha value is -2.49. The first-order valence-electron chi connectivity index (χ1n) is 6.94. The Morgan fingerprint density at radius 1 is 1.10 bits per heavy atom. The summed E-state index contributed by atoms with van der Waals surface area (Å²) in [6, 6.07) is 14.2. The molecule has 21 heavy (non-hydrogen) atoms. The first-order chi connectivity index (χ1) is 10.2. The number of benzene rings is 2. The maximum absolute atomic E-state index is 5.44. The van der Waals surface area contributed by atoms with Gasteiger partial charge < -0.3 is 4.84 Å². The molecule has 0 amide bonds. The molecule has 0 aromatic heterocycles. The van der Waals surface area contributed by atoms with E-state index in [1.54, 1.807) is 0 Å². The van der Waals surface area contributed by atoms with E-state index < -0.39 is 0 Å². The molecule has 2 aromatic rings. The molecule has 2 aromatic carbocycles. The summed E-state index contributed by atoms with van der Waals surface area (Å²) in [4.78, 5) is 14.0. The predicted molar refractivity (Wildman–Crippen MR) is 81.8 cm³/mol. The number of hydrogen-bond donors (Lipinski definition) is 0. The number of aryl methyl sites for hydroxylation is 1. The van der Waals surface area contributed by atoms with Gasteiger partial charge in [0.2, 0.25) is 0 Å². The van der Waals surface area contributed by atoms with Crippen LogP contribution in [0.5, 0.6) is 0 Å². The van der Waals surface area contributed by atoms with E-state index in [4.69, 9.17) is 4.84 Å². The van der Waals surface area contributed by atoms with Crippen molar-refractivity contribution in [3.8, 4) is 0 Å². The third-order valence-electron chi connectivity index (χ3n) is 3.42. The summed E-state index contributed by atoms with van der Waals surface area (Å²) in [6.07, 6.45) is 0. The van der Waals surface area contributed by atoms with E-state index in [1.165, 1.54) is 5.56 Å². The monoisotopic (exact) mass is 279 g/mol. The van der Waals surface area contributed by atoms with Crippen molar-refractivity contribution in [2.24, 2.45) is 15.1 Å². The van der Waals surface area contributed by atoms with Gasteiger partial charge in [0, 0.05) is 0 Å². The lowest BCUT2D eigenvalue weighted by Crippen LogP contribution is -2.21. The maximum Gasteiger partial charge on any atom is 0.142 e. The summed E-state index contributed by atoms with van der Waals surface area (Å²) in [7, 11) is 0. The van der Waals surface area contributed by atoms with Gasteiger partial charge in [-0.3, -0.25) is 9.98 Å². The second kappa shape index (κ2) is 5.87. The minimum Gasteiger partial charge on any atom is -0.391 e. The van der Waals surface area contributed by atoms with E-state index in [9.17, 15) is 0 Å². The smallest absolute Gasteiger partial charge is 0.142 e. The molecular weight excluding hydrogens is 262 g/mol. The molecule has 0 N–H and O–H groups in total. The van der Waals surface area contributed by atoms with Gasteiger partial charge in [-0.1, -0.05) is 41.1 Å². The summed E-state index contributed by atoms with van der Waals surface area (Å²) in [6.45, 7) is 4.98. The molecule has 1 aliphatic rings. The van der Waals surface area contributed by atoms with E-state index in [0.717, 1.165) is 27.6 Å². The Bertz CT molecular complexity index is 792. The van der Waals surface area contributed by atoms with Crippen LogP contribution in [0.15, 0.2) is 57.6 Å². The second-order valence-electron chi connectivity index (χ2n) is 5.10. The zero-order chi connectivity index (χ0) is 14.7. The SMILES string of the molecule is C/C(=N\OCc1ccc2c(c1)=NCN=2)c1ccc(C)cc1. The molecule has 0 aliphatic carbocycles. The minimum atomic E-state index is 0.437. The van der Waals surface area contributed by atoms with Gasteiger partial charge in [0.05, 0.1) is 16.4 Å². The van der Waals surface area contributed by atoms with Crippen LogP contribution in [0.25, 0.3) is 0 Å². The summed E-state index contributed by atoms with van der Waals surface area (Å²) >= 11 is 0. The summed E-state index contributed by atoms with van der Waals surface area (Å²) in [5.41, 5.74) is 4.23. The third kappa shape index (κ3) is 3.16. The zero-order valence-corrected chi connectivity index (χ0v) is 12.2. The highest BCUT2D eigenvalue weighted by Crippen LogP contribution is 2.06. The van der Waals surface area contributed by atoms with Crippen LogP contribution in [0.4, 0.5) is 0 Å². The Morgan fingerprint density at radius 3 is 2.67 bits per heavy atom. The van der Waals surface area contributed by atoms with Crippen molar-refractivity contribution in [3.05, 3.63) is 69.9 Å². The fraction of sp³-hybridized carbons (Fsp3) is 0.235. The highest BCUT2D eigenvalue weighted by molar-refractivity contribution is 5.98. The molecule has 4 heteroatoms. The van der Waals surface area contributed by atoms with Crippen LogP contribution in [0.3, 0.4) is 0 Å². The molecule has 0 spiro atoms. The molecular formula is C17H17N3O. The van der Waals surface area contributed by atoms with Crippen molar-refractivity contribution in [1.82, 2.24) is 0 Å². The van der Waals surface area contributed by atoms with Gasteiger partial charge in [0.1, 0.15) is 13.3 Å². The van der Waals surface area contributed by atoms with Crippen LogP contribution in [-0.4, -0.2) is 12.4 Å². The second-order valence-corrected chi connectivity index (χ2v) is 5.10. The zero-order valence-electron chi connectivity index (χ0n) is 12.2. The fourth-order valence-corrected chi connectivity index (χ4v) is 2.16. The van der Waals surface area contributed by atoms with Crippen molar-refractivity contribution in [2.75, 3.05) is 6.67 Å². The van der Waals surface area contributed by atoms with Crippen molar-refractivity contribution in [3.63, 3.8) is 0 Å². The van der Waals surface area contributed by atoms with Gasteiger partial charge in [-0.05, 0) is 37.1 Å². The average molecular weight is 279 g/mol. The topological polar surface area (TPSA) is 46.3 Å². The van der Waals surface area contributed by atoms with Gasteiger partial charge >= 0.3 is 0 Å². The summed E-state index contributed by atoms with van der Waals surface area (Å²) in [5, 5.41) is 6.07. The van der Waals surface area contributed by atoms with Crippen LogP contribution >= 0.6 is 0 Å². The number of rotatable bonds is 4. The molecule has 0 radical (unpaired) electrons. The molecule has 1 heterocycles. The number of nitrogens with zero attached hydrogens (tertiary/aromatic N) is 3. The minimum absolute atomic E-state index is 0.437. The largest absolute Gasteiger partial charge is 0.391 e. The Kier molecular flexibility index (Phi) is 3.77. The van der Waals surface area contributed by atoms with E-state index in [2.05, 4.69) is 34.2 Å². The van der Waals surface area contributed by atoms with E-state index >= 15 is 0 Å². The summed E-state index contributed by atoms with van der Waals surface area (Å²) in [5.74, 6) is 0. The molecule has 0 saturated carbocycles. The van der Waals surface area contributed by atoms with Crippen molar-refractivity contribution >= 4 is 5.71 Å². The van der Waals surface area contributed by atoms with Gasteiger partial charge in [-0.15, -0.1) is 0 Å². The van der Waals surface area contributed by atoms with Crippen molar-refractivity contribution in [2.45, 2.75) is 20.5 Å². The molecule has 0 atom stereocenters. The van der Waals surface area contributed by atoms with Crippen molar-refractivity contribution < 1.29 is 4.84 Å². The number of fused-ring (bicyclic) bond motifs is 1. The summed E-state index contributed by atoms with van der Waals surface area (Å²) < 4.78 is 0. The first kappa shape index (κ1) is 13.5. The van der Waals surface area contributed by atoms with Gasteiger partial charge in [0.15, 0.2) is 0 Å². The molecule has 0 saturated heterocycles. The molecule has 4 nitrogen and oxygen atoms in total. The van der Waals surface area contributed by atoms with Crippen LogP contribution in [-0.2, 0) is 11.4 Å². The fourth-order valence-electron chi connectivity index (χ4n) is 2.16. The van der Waals surface area contributed by atoms with Gasteiger partial charge in [-0.25, -0.2) is 0 Å². The molecule has 1 aliphatic heterocycles. The number of oxime groups is 1. The Balaban J connectivity index is 1.67. The van der Waals surface area contributed by atoms with E-state index in [1.807, 2.05) is 37.3 Å².